The van der Waals surface area contributed by atoms with Crippen LogP contribution in [0.4, 0.5) is 0 Å². The van der Waals surface area contributed by atoms with E-state index in [0.29, 0.717) is 15.4 Å². The summed E-state index contributed by atoms with van der Waals surface area (Å²) in [6.07, 6.45) is 0. The molecular weight excluding hydrogens is 360 g/mol. The highest BCUT2D eigenvalue weighted by Gasteiger charge is 2.15. The zero-order valence-electron chi connectivity index (χ0n) is 13.7. The summed E-state index contributed by atoms with van der Waals surface area (Å²) in [5, 5.41) is 0.588. The molecule has 2 aromatic carbocycles. The molecule has 3 aromatic rings. The number of rotatable bonds is 3. The van der Waals surface area contributed by atoms with E-state index in [1.807, 2.05) is 19.1 Å². The number of carbonyl (C=O) groups excluding carboxylic acids is 2. The van der Waals surface area contributed by atoms with Crippen molar-refractivity contribution in [3.05, 3.63) is 63.4 Å². The molecule has 0 N–H and O–H groups in total. The Balaban J connectivity index is 2.22. The Hall–Kier alpha value is -2.44. The largest absolute Gasteiger partial charge is 0.468 e. The average Bonchev–Trinajstić information content (AvgIpc) is 2.96. The first-order valence-electron chi connectivity index (χ1n) is 7.50. The van der Waals surface area contributed by atoms with Gasteiger partial charge in [0.1, 0.15) is 6.54 Å². The number of halogens is 1. The van der Waals surface area contributed by atoms with Gasteiger partial charge in [0, 0.05) is 10.6 Å². The van der Waals surface area contributed by atoms with E-state index >= 15 is 0 Å². The fourth-order valence-corrected chi connectivity index (χ4v) is 3.71. The number of ether oxygens (including phenoxy) is 1. The number of fused-ring (bicyclic) bond motifs is 1. The summed E-state index contributed by atoms with van der Waals surface area (Å²) in [6.45, 7) is 1.83. The Bertz CT molecular complexity index is 1020. The van der Waals surface area contributed by atoms with Gasteiger partial charge in [0.2, 0.25) is 0 Å². The molecule has 0 aliphatic heterocycles. The monoisotopic (exact) mass is 374 g/mol. The first-order valence-corrected chi connectivity index (χ1v) is 8.70. The minimum atomic E-state index is -0.423. The second-order valence-electron chi connectivity index (χ2n) is 5.35. The minimum Gasteiger partial charge on any atom is -0.468 e. The molecule has 0 saturated heterocycles. The zero-order chi connectivity index (χ0) is 18.0. The maximum Gasteiger partial charge on any atom is 0.325 e. The second-order valence-corrected chi connectivity index (χ2v) is 6.77. The molecule has 1 amide bonds. The number of methoxy groups -OCH3 is 1. The molecule has 0 aliphatic rings. The highest BCUT2D eigenvalue weighted by molar-refractivity contribution is 7.16. The number of thiazole rings is 1. The highest BCUT2D eigenvalue weighted by atomic mass is 35.5. The first-order chi connectivity index (χ1) is 12.0. The minimum absolute atomic E-state index is 0.0431. The van der Waals surface area contributed by atoms with Crippen molar-refractivity contribution in [1.29, 1.82) is 0 Å². The van der Waals surface area contributed by atoms with Crippen molar-refractivity contribution in [2.24, 2.45) is 4.99 Å². The van der Waals surface area contributed by atoms with Crippen LogP contribution in [0.25, 0.3) is 10.2 Å². The number of esters is 1. The lowest BCUT2D eigenvalue weighted by atomic mass is 10.2. The average molecular weight is 375 g/mol. The summed E-state index contributed by atoms with van der Waals surface area (Å²) in [4.78, 5) is 28.9. The summed E-state index contributed by atoms with van der Waals surface area (Å²) in [5.41, 5.74) is 2.09. The normalized spacial score (nSPS) is 11.7. The Morgan fingerprint density at radius 2 is 1.92 bits per heavy atom. The van der Waals surface area contributed by atoms with Crippen molar-refractivity contribution < 1.29 is 14.3 Å². The summed E-state index contributed by atoms with van der Waals surface area (Å²) < 4.78 is 7.34. The fraction of sp³-hybridized carbons (Fsp3) is 0.167. The van der Waals surface area contributed by atoms with Crippen LogP contribution in [-0.4, -0.2) is 23.6 Å². The lowest BCUT2D eigenvalue weighted by Crippen LogP contribution is -2.22. The standard InChI is InChI=1S/C18H15ClN2O3S/c1-11-13(19)8-9-14-16(11)21(10-15(22)24-2)18(25-14)20-17(23)12-6-4-3-5-7-12/h3-9H,10H2,1-2H3. The van der Waals surface area contributed by atoms with E-state index in [0.717, 1.165) is 15.8 Å². The Kier molecular flexibility index (Phi) is 5.01. The van der Waals surface area contributed by atoms with Gasteiger partial charge < -0.3 is 9.30 Å². The summed E-state index contributed by atoms with van der Waals surface area (Å²) in [7, 11) is 1.32. The molecule has 5 nitrogen and oxygen atoms in total. The van der Waals surface area contributed by atoms with Crippen molar-refractivity contribution in [3.63, 3.8) is 0 Å². The number of hydrogen-bond acceptors (Lipinski definition) is 4. The quantitative estimate of drug-likeness (QED) is 0.658. The number of hydrogen-bond donors (Lipinski definition) is 0. The summed E-state index contributed by atoms with van der Waals surface area (Å²) >= 11 is 7.55. The van der Waals surface area contributed by atoms with Gasteiger partial charge in [-0.2, -0.15) is 4.99 Å². The second kappa shape index (κ2) is 7.21. The number of carbonyl (C=O) groups is 2. The molecule has 0 aliphatic carbocycles. The van der Waals surface area contributed by atoms with Crippen molar-refractivity contribution >= 4 is 45.0 Å². The molecule has 0 atom stereocenters. The molecule has 0 unspecified atom stereocenters. The number of amides is 1. The van der Waals surface area contributed by atoms with E-state index < -0.39 is 5.97 Å². The van der Waals surface area contributed by atoms with Gasteiger partial charge in [-0.15, -0.1) is 0 Å². The first kappa shape index (κ1) is 17.4. The molecule has 128 valence electrons. The predicted molar refractivity (Wildman–Crippen MR) is 97.9 cm³/mol. The van der Waals surface area contributed by atoms with E-state index in [1.165, 1.54) is 18.4 Å². The molecule has 0 bridgehead atoms. The van der Waals surface area contributed by atoms with Crippen molar-refractivity contribution in [2.45, 2.75) is 13.5 Å². The van der Waals surface area contributed by atoms with E-state index in [9.17, 15) is 9.59 Å². The van der Waals surface area contributed by atoms with Crippen LogP contribution in [0.3, 0.4) is 0 Å². The van der Waals surface area contributed by atoms with Gasteiger partial charge in [0.15, 0.2) is 4.80 Å². The third-order valence-electron chi connectivity index (χ3n) is 3.76. The van der Waals surface area contributed by atoms with E-state index in [4.69, 9.17) is 16.3 Å². The van der Waals surface area contributed by atoms with Crippen molar-refractivity contribution in [2.75, 3.05) is 7.11 Å². The van der Waals surface area contributed by atoms with Gasteiger partial charge in [0.05, 0.1) is 17.3 Å². The molecule has 7 heteroatoms. The summed E-state index contributed by atoms with van der Waals surface area (Å²) in [5.74, 6) is -0.790. The summed E-state index contributed by atoms with van der Waals surface area (Å²) in [6, 6.07) is 12.4. The van der Waals surface area contributed by atoms with Crippen LogP contribution >= 0.6 is 22.9 Å². The number of aromatic nitrogens is 1. The van der Waals surface area contributed by atoms with E-state index in [2.05, 4.69) is 4.99 Å². The molecule has 0 fully saturated rings. The number of aryl methyl sites for hydroxylation is 1. The zero-order valence-corrected chi connectivity index (χ0v) is 15.2. The van der Waals surface area contributed by atoms with Gasteiger partial charge >= 0.3 is 5.97 Å². The molecule has 0 spiro atoms. The molecule has 0 saturated carbocycles. The van der Waals surface area contributed by atoms with Crippen LogP contribution in [0, 0.1) is 6.92 Å². The molecule has 25 heavy (non-hydrogen) atoms. The van der Waals surface area contributed by atoms with E-state index in [1.54, 1.807) is 34.9 Å². The maximum absolute atomic E-state index is 12.4. The molecule has 0 radical (unpaired) electrons. The van der Waals surface area contributed by atoms with Gasteiger partial charge in [-0.05, 0) is 36.8 Å². The Morgan fingerprint density at radius 1 is 1.20 bits per heavy atom. The Labute approximate surface area is 153 Å². The lowest BCUT2D eigenvalue weighted by molar-refractivity contribution is -0.141. The van der Waals surface area contributed by atoms with E-state index in [-0.39, 0.29) is 12.5 Å². The highest BCUT2D eigenvalue weighted by Crippen LogP contribution is 2.27. The van der Waals surface area contributed by atoms with Gasteiger partial charge in [-0.25, -0.2) is 0 Å². The van der Waals surface area contributed by atoms with Crippen molar-refractivity contribution in [3.8, 4) is 0 Å². The third kappa shape index (κ3) is 3.50. The van der Waals surface area contributed by atoms with Crippen LogP contribution < -0.4 is 4.80 Å². The maximum atomic E-state index is 12.4. The predicted octanol–water partition coefficient (Wildman–Crippen LogP) is 3.58. The van der Waals surface area contributed by atoms with Crippen LogP contribution in [0.1, 0.15) is 15.9 Å². The molecule has 3 rings (SSSR count). The topological polar surface area (TPSA) is 60.7 Å². The van der Waals surface area contributed by atoms with Gasteiger partial charge in [-0.1, -0.05) is 41.1 Å². The lowest BCUT2D eigenvalue weighted by Gasteiger charge is -2.07. The van der Waals surface area contributed by atoms with Crippen molar-refractivity contribution in [1.82, 2.24) is 4.57 Å². The van der Waals surface area contributed by atoms with Crippen LogP contribution in [-0.2, 0) is 16.1 Å². The molecule has 1 aromatic heterocycles. The van der Waals surface area contributed by atoms with Crippen LogP contribution in [0.5, 0.6) is 0 Å². The smallest absolute Gasteiger partial charge is 0.325 e. The van der Waals surface area contributed by atoms with Gasteiger partial charge in [0.25, 0.3) is 5.91 Å². The number of benzene rings is 2. The van der Waals surface area contributed by atoms with Crippen LogP contribution in [0.2, 0.25) is 5.02 Å². The Morgan fingerprint density at radius 3 is 2.60 bits per heavy atom. The molecule has 1 heterocycles. The SMILES string of the molecule is COC(=O)Cn1c(=NC(=O)c2ccccc2)sc2ccc(Cl)c(C)c21. The van der Waals surface area contributed by atoms with Gasteiger partial charge in [-0.3, -0.25) is 9.59 Å². The van der Waals surface area contributed by atoms with Crippen LogP contribution in [0.15, 0.2) is 47.5 Å². The third-order valence-corrected chi connectivity index (χ3v) is 5.22. The molecular formula is C18H15ClN2O3S. The fourth-order valence-electron chi connectivity index (χ4n) is 2.47. The number of nitrogens with zero attached hydrogens (tertiary/aromatic N) is 2.